The van der Waals surface area contributed by atoms with Gasteiger partial charge in [0.1, 0.15) is 0 Å². The standard InChI is InChI=1S/C7H6BBrF3.K/c9-7-3-1-2-6(4-7)5-8(10,11)12;/h1-4H,5H2;/q-1;+1. The van der Waals surface area contributed by atoms with Crippen molar-refractivity contribution in [2.24, 2.45) is 0 Å². The minimum atomic E-state index is -4.72. The summed E-state index contributed by atoms with van der Waals surface area (Å²) < 4.78 is 36.4. The van der Waals surface area contributed by atoms with Gasteiger partial charge >= 0.3 is 58.4 Å². The molecule has 0 fully saturated rings. The Morgan fingerprint density at radius 3 is 2.31 bits per heavy atom. The first-order chi connectivity index (χ1) is 5.47. The zero-order valence-electron chi connectivity index (χ0n) is 7.11. The third-order valence-electron chi connectivity index (χ3n) is 1.36. The fraction of sp³-hybridized carbons (Fsp3) is 0.143. The Morgan fingerprint density at radius 1 is 1.23 bits per heavy atom. The SMILES string of the molecule is F[B-](F)(F)Cc1cccc(Br)c1.[K+]. The van der Waals surface area contributed by atoms with E-state index in [0.717, 1.165) is 0 Å². The van der Waals surface area contributed by atoms with Gasteiger partial charge in [-0.2, -0.15) is 0 Å². The first-order valence-electron chi connectivity index (χ1n) is 3.43. The van der Waals surface area contributed by atoms with Crippen molar-refractivity contribution in [2.75, 3.05) is 0 Å². The van der Waals surface area contributed by atoms with Gasteiger partial charge in [-0.3, -0.25) is 0 Å². The molecule has 0 aliphatic rings. The summed E-state index contributed by atoms with van der Waals surface area (Å²) in [6.45, 7) is -4.72. The van der Waals surface area contributed by atoms with Gasteiger partial charge in [-0.1, -0.05) is 39.9 Å². The summed E-state index contributed by atoms with van der Waals surface area (Å²) in [7, 11) is 0. The molecule has 0 atom stereocenters. The van der Waals surface area contributed by atoms with E-state index in [-0.39, 0.29) is 51.4 Å². The van der Waals surface area contributed by atoms with E-state index in [9.17, 15) is 12.9 Å². The quantitative estimate of drug-likeness (QED) is 0.686. The van der Waals surface area contributed by atoms with Crippen molar-refractivity contribution in [1.82, 2.24) is 0 Å². The molecule has 0 amide bonds. The van der Waals surface area contributed by atoms with Crippen LogP contribution in [0.5, 0.6) is 0 Å². The second kappa shape index (κ2) is 5.92. The van der Waals surface area contributed by atoms with Crippen molar-refractivity contribution in [3.8, 4) is 0 Å². The molecule has 0 aliphatic heterocycles. The molecule has 0 radical (unpaired) electrons. The van der Waals surface area contributed by atoms with Crippen molar-refractivity contribution < 1.29 is 64.3 Å². The molecule has 1 rings (SSSR count). The molecular weight excluding hydrogens is 271 g/mol. The molecule has 0 bridgehead atoms. The number of hydrogen-bond donors (Lipinski definition) is 0. The van der Waals surface area contributed by atoms with E-state index in [1.165, 1.54) is 12.1 Å². The zero-order chi connectivity index (χ0) is 9.19. The molecule has 0 aliphatic carbocycles. The van der Waals surface area contributed by atoms with Gasteiger partial charge in [0.15, 0.2) is 0 Å². The Kier molecular flexibility index (Phi) is 6.47. The van der Waals surface area contributed by atoms with Crippen LogP contribution >= 0.6 is 15.9 Å². The van der Waals surface area contributed by atoms with Crippen molar-refractivity contribution in [2.45, 2.75) is 6.32 Å². The Balaban J connectivity index is 0.00000144. The molecule has 1 aromatic rings. The second-order valence-electron chi connectivity index (χ2n) is 2.54. The molecule has 0 saturated heterocycles. The average molecular weight is 277 g/mol. The van der Waals surface area contributed by atoms with Gasteiger partial charge < -0.3 is 12.9 Å². The maximum absolute atomic E-state index is 11.9. The molecular formula is C7H6BBrF3K. The Hall–Kier alpha value is 1.19. The van der Waals surface area contributed by atoms with Gasteiger partial charge in [-0.25, -0.2) is 0 Å². The van der Waals surface area contributed by atoms with Crippen LogP contribution in [0.2, 0.25) is 0 Å². The Bertz CT molecular complexity index is 277. The van der Waals surface area contributed by atoms with E-state index in [4.69, 9.17) is 0 Å². The van der Waals surface area contributed by atoms with Gasteiger partial charge in [0.2, 0.25) is 0 Å². The number of rotatable bonds is 2. The van der Waals surface area contributed by atoms with E-state index in [2.05, 4.69) is 15.9 Å². The molecule has 66 valence electrons. The third kappa shape index (κ3) is 6.30. The van der Waals surface area contributed by atoms with Crippen LogP contribution in [0.3, 0.4) is 0 Å². The van der Waals surface area contributed by atoms with Crippen molar-refractivity contribution >= 4 is 22.9 Å². The van der Waals surface area contributed by atoms with Gasteiger partial charge in [-0.05, 0) is 12.1 Å². The molecule has 0 heterocycles. The maximum Gasteiger partial charge on any atom is 1.00 e. The van der Waals surface area contributed by atoms with E-state index in [1.807, 2.05) is 0 Å². The minimum absolute atomic E-state index is 0. The van der Waals surface area contributed by atoms with Gasteiger partial charge in [0.25, 0.3) is 0 Å². The van der Waals surface area contributed by atoms with Crippen molar-refractivity contribution in [3.05, 3.63) is 34.3 Å². The Labute approximate surface area is 126 Å². The van der Waals surface area contributed by atoms with Crippen LogP contribution < -0.4 is 51.4 Å². The van der Waals surface area contributed by atoms with Crippen LogP contribution in [-0.2, 0) is 6.32 Å². The molecule has 1 aromatic carbocycles. The summed E-state index contributed by atoms with van der Waals surface area (Å²) >= 11 is 3.11. The molecule has 0 unspecified atom stereocenters. The zero-order valence-corrected chi connectivity index (χ0v) is 11.8. The first-order valence-corrected chi connectivity index (χ1v) is 4.22. The normalized spacial score (nSPS) is 10.8. The number of halogens is 4. The largest absolute Gasteiger partial charge is 1.00 e. The van der Waals surface area contributed by atoms with Crippen LogP contribution in [0.15, 0.2) is 28.7 Å². The summed E-state index contributed by atoms with van der Waals surface area (Å²) in [6.07, 6.45) is -0.806. The predicted octanol–water partition coefficient (Wildman–Crippen LogP) is 0.382. The van der Waals surface area contributed by atoms with E-state index in [1.54, 1.807) is 12.1 Å². The van der Waals surface area contributed by atoms with Crippen LogP contribution in [-0.4, -0.2) is 6.98 Å². The summed E-state index contributed by atoms with van der Waals surface area (Å²) in [6, 6.07) is 6.25. The summed E-state index contributed by atoms with van der Waals surface area (Å²) in [5.74, 6) is 0. The smallest absolute Gasteiger partial charge is 0.449 e. The fourth-order valence-electron chi connectivity index (χ4n) is 0.931. The van der Waals surface area contributed by atoms with Crippen molar-refractivity contribution in [1.29, 1.82) is 0 Å². The van der Waals surface area contributed by atoms with E-state index < -0.39 is 13.3 Å². The van der Waals surface area contributed by atoms with Crippen LogP contribution in [0.4, 0.5) is 12.9 Å². The average Bonchev–Trinajstić information content (AvgIpc) is 1.82. The first kappa shape index (κ1) is 14.2. The van der Waals surface area contributed by atoms with Crippen LogP contribution in [0.25, 0.3) is 0 Å². The summed E-state index contributed by atoms with van der Waals surface area (Å²) in [5.41, 5.74) is 0.303. The molecule has 13 heavy (non-hydrogen) atoms. The van der Waals surface area contributed by atoms with E-state index >= 15 is 0 Å². The van der Waals surface area contributed by atoms with Gasteiger partial charge in [0, 0.05) is 4.47 Å². The predicted molar refractivity (Wildman–Crippen MR) is 46.9 cm³/mol. The fourth-order valence-corrected chi connectivity index (χ4v) is 1.38. The third-order valence-corrected chi connectivity index (χ3v) is 1.85. The molecule has 0 saturated carbocycles. The summed E-state index contributed by atoms with van der Waals surface area (Å²) in [4.78, 5) is 0. The maximum atomic E-state index is 11.9. The molecule has 0 spiro atoms. The molecule has 6 heteroatoms. The number of benzene rings is 1. The molecule has 0 N–H and O–H groups in total. The van der Waals surface area contributed by atoms with Crippen LogP contribution in [0.1, 0.15) is 5.56 Å². The monoisotopic (exact) mass is 276 g/mol. The van der Waals surface area contributed by atoms with Gasteiger partial charge in [-0.15, -0.1) is 0 Å². The Morgan fingerprint density at radius 2 is 1.85 bits per heavy atom. The van der Waals surface area contributed by atoms with Crippen molar-refractivity contribution in [3.63, 3.8) is 0 Å². The minimum Gasteiger partial charge on any atom is -0.449 e. The van der Waals surface area contributed by atoms with Gasteiger partial charge in [0.05, 0.1) is 0 Å². The molecule has 0 aromatic heterocycles. The van der Waals surface area contributed by atoms with Crippen LogP contribution in [0, 0.1) is 0 Å². The topological polar surface area (TPSA) is 0 Å². The van der Waals surface area contributed by atoms with E-state index in [0.29, 0.717) is 10.0 Å². The summed E-state index contributed by atoms with van der Waals surface area (Å²) in [5, 5.41) is 0. The molecule has 0 nitrogen and oxygen atoms in total. The number of hydrogen-bond acceptors (Lipinski definition) is 0. The second-order valence-corrected chi connectivity index (χ2v) is 3.46.